The molecule has 5 heteroatoms. The van der Waals surface area contributed by atoms with Crippen molar-refractivity contribution in [3.8, 4) is 11.6 Å². The summed E-state index contributed by atoms with van der Waals surface area (Å²) in [5, 5.41) is 0. The predicted molar refractivity (Wildman–Crippen MR) is 87.9 cm³/mol. The molecule has 118 valence electrons. The van der Waals surface area contributed by atoms with Crippen molar-refractivity contribution in [2.24, 2.45) is 0 Å². The van der Waals surface area contributed by atoms with Gasteiger partial charge in [-0.3, -0.25) is 4.98 Å². The fourth-order valence-corrected chi connectivity index (χ4v) is 2.36. The molecule has 4 rings (SSSR count). The zero-order valence-corrected chi connectivity index (χ0v) is 12.7. The van der Waals surface area contributed by atoms with Gasteiger partial charge in [0.1, 0.15) is 12.0 Å². The van der Waals surface area contributed by atoms with Gasteiger partial charge in [-0.25, -0.2) is 4.98 Å². The Balaban J connectivity index is 1.56. The van der Waals surface area contributed by atoms with Gasteiger partial charge in [-0.2, -0.15) is 0 Å². The third-order valence-corrected chi connectivity index (χ3v) is 3.49. The maximum absolute atomic E-state index is 5.92. The Morgan fingerprint density at radius 3 is 2.62 bits per heavy atom. The molecule has 0 fully saturated rings. The third kappa shape index (κ3) is 2.92. The van der Waals surface area contributed by atoms with Gasteiger partial charge in [0, 0.05) is 18.0 Å². The molecule has 3 aromatic rings. The second-order valence-corrected chi connectivity index (χ2v) is 5.12. The summed E-state index contributed by atoms with van der Waals surface area (Å²) in [5.41, 5.74) is 1.67. The van der Waals surface area contributed by atoms with Crippen LogP contribution in [0.1, 0.15) is 17.4 Å². The van der Waals surface area contributed by atoms with Crippen molar-refractivity contribution in [3.05, 3.63) is 90.6 Å². The molecule has 1 aromatic carbocycles. The van der Waals surface area contributed by atoms with Gasteiger partial charge in [0.25, 0.3) is 6.29 Å². The number of aromatic nitrogens is 2. The minimum absolute atomic E-state index is 0.429. The highest BCUT2D eigenvalue weighted by Crippen LogP contribution is 2.37. The molecular formula is C19H14N2O3. The number of nitrogens with zero attached hydrogens (tertiary/aromatic N) is 2. The van der Waals surface area contributed by atoms with Crippen molar-refractivity contribution in [1.29, 1.82) is 0 Å². The Labute approximate surface area is 139 Å². The molecule has 3 heterocycles. The van der Waals surface area contributed by atoms with Crippen LogP contribution >= 0.6 is 0 Å². The first-order valence-corrected chi connectivity index (χ1v) is 7.51. The lowest BCUT2D eigenvalue weighted by molar-refractivity contribution is -0.0187. The Hall–Kier alpha value is -3.34. The van der Waals surface area contributed by atoms with E-state index in [1.165, 1.54) is 0 Å². The first-order chi connectivity index (χ1) is 11.9. The van der Waals surface area contributed by atoms with E-state index in [0.717, 1.165) is 5.56 Å². The Bertz CT molecular complexity index is 851. The van der Waals surface area contributed by atoms with Gasteiger partial charge in [0.15, 0.2) is 5.76 Å². The van der Waals surface area contributed by atoms with Gasteiger partial charge in [-0.15, -0.1) is 0 Å². The molecule has 0 saturated heterocycles. The van der Waals surface area contributed by atoms with E-state index in [2.05, 4.69) is 9.97 Å². The average Bonchev–Trinajstić information content (AvgIpc) is 3.14. The molecule has 1 aliphatic rings. The smallest absolute Gasteiger partial charge is 0.272 e. The molecule has 0 spiro atoms. The summed E-state index contributed by atoms with van der Waals surface area (Å²) in [4.78, 5) is 8.32. The zero-order chi connectivity index (χ0) is 16.2. The SMILES string of the molecule is C1=C(c2ccccc2)O[C@H](c2cccnc2Oc2cccnc2)O1. The lowest BCUT2D eigenvalue weighted by Gasteiger charge is -2.15. The lowest BCUT2D eigenvalue weighted by atomic mass is 10.2. The molecule has 5 nitrogen and oxygen atoms in total. The van der Waals surface area contributed by atoms with Crippen molar-refractivity contribution in [2.45, 2.75) is 6.29 Å². The van der Waals surface area contributed by atoms with E-state index < -0.39 is 6.29 Å². The lowest BCUT2D eigenvalue weighted by Crippen LogP contribution is -2.03. The largest absolute Gasteiger partial charge is 0.454 e. The van der Waals surface area contributed by atoms with Crippen molar-refractivity contribution >= 4 is 5.76 Å². The van der Waals surface area contributed by atoms with Crippen LogP contribution < -0.4 is 4.74 Å². The van der Waals surface area contributed by atoms with Crippen molar-refractivity contribution in [2.75, 3.05) is 0 Å². The molecule has 1 aliphatic heterocycles. The van der Waals surface area contributed by atoms with Crippen LogP contribution in [0.3, 0.4) is 0 Å². The van der Waals surface area contributed by atoms with Gasteiger partial charge in [-0.05, 0) is 24.3 Å². The van der Waals surface area contributed by atoms with Crippen LogP contribution in [0.2, 0.25) is 0 Å². The molecule has 0 bridgehead atoms. The molecular weight excluding hydrogens is 304 g/mol. The Morgan fingerprint density at radius 1 is 0.917 bits per heavy atom. The van der Waals surface area contributed by atoms with E-state index >= 15 is 0 Å². The van der Waals surface area contributed by atoms with Gasteiger partial charge >= 0.3 is 0 Å². The van der Waals surface area contributed by atoms with E-state index in [0.29, 0.717) is 23.0 Å². The van der Waals surface area contributed by atoms with Crippen LogP contribution in [0.5, 0.6) is 11.6 Å². The molecule has 24 heavy (non-hydrogen) atoms. The highest BCUT2D eigenvalue weighted by molar-refractivity contribution is 5.60. The highest BCUT2D eigenvalue weighted by Gasteiger charge is 2.26. The monoisotopic (exact) mass is 318 g/mol. The van der Waals surface area contributed by atoms with E-state index in [1.54, 1.807) is 30.9 Å². The standard InChI is InChI=1S/C19H14N2O3/c1-2-6-14(7-3-1)17-13-22-19(24-17)16-9-5-11-21-18(16)23-15-8-4-10-20-12-15/h1-13,19H/t19-/m1/s1. The van der Waals surface area contributed by atoms with Crippen molar-refractivity contribution in [1.82, 2.24) is 9.97 Å². The first kappa shape index (κ1) is 14.3. The second kappa shape index (κ2) is 6.42. The van der Waals surface area contributed by atoms with E-state index in [9.17, 15) is 0 Å². The average molecular weight is 318 g/mol. The summed E-state index contributed by atoms with van der Waals surface area (Å²) in [6, 6.07) is 17.1. The summed E-state index contributed by atoms with van der Waals surface area (Å²) < 4.78 is 17.4. The summed E-state index contributed by atoms with van der Waals surface area (Å²) in [6.45, 7) is 0. The molecule has 0 unspecified atom stereocenters. The fraction of sp³-hybridized carbons (Fsp3) is 0.0526. The molecule has 0 aliphatic carbocycles. The van der Waals surface area contributed by atoms with Crippen LogP contribution in [0.15, 0.2) is 79.4 Å². The van der Waals surface area contributed by atoms with Crippen LogP contribution in [0.4, 0.5) is 0 Å². The van der Waals surface area contributed by atoms with Gasteiger partial charge in [0.2, 0.25) is 5.88 Å². The van der Waals surface area contributed by atoms with E-state index in [-0.39, 0.29) is 0 Å². The molecule has 1 atom stereocenters. The predicted octanol–water partition coefficient (Wildman–Crippen LogP) is 4.31. The minimum Gasteiger partial charge on any atom is -0.454 e. The van der Waals surface area contributed by atoms with Gasteiger partial charge in [0.05, 0.1) is 11.8 Å². The summed E-state index contributed by atoms with van der Waals surface area (Å²) in [7, 11) is 0. The number of pyridine rings is 2. The number of hydrogen-bond acceptors (Lipinski definition) is 5. The van der Waals surface area contributed by atoms with Gasteiger partial charge in [-0.1, -0.05) is 30.3 Å². The summed E-state index contributed by atoms with van der Waals surface area (Å²) in [6.07, 6.45) is 5.99. The maximum Gasteiger partial charge on any atom is 0.272 e. The fourth-order valence-electron chi connectivity index (χ4n) is 2.36. The molecule has 0 saturated carbocycles. The van der Waals surface area contributed by atoms with Crippen molar-refractivity contribution < 1.29 is 14.2 Å². The quantitative estimate of drug-likeness (QED) is 0.717. The molecule has 0 N–H and O–H groups in total. The first-order valence-electron chi connectivity index (χ1n) is 7.51. The molecule has 0 radical (unpaired) electrons. The normalized spacial score (nSPS) is 16.0. The Morgan fingerprint density at radius 2 is 1.79 bits per heavy atom. The van der Waals surface area contributed by atoms with Crippen LogP contribution in [-0.4, -0.2) is 9.97 Å². The van der Waals surface area contributed by atoms with Crippen LogP contribution in [-0.2, 0) is 9.47 Å². The Kier molecular flexibility index (Phi) is 3.81. The van der Waals surface area contributed by atoms with Crippen LogP contribution in [0.25, 0.3) is 5.76 Å². The zero-order valence-electron chi connectivity index (χ0n) is 12.7. The second-order valence-electron chi connectivity index (χ2n) is 5.12. The summed E-state index contributed by atoms with van der Waals surface area (Å²) >= 11 is 0. The van der Waals surface area contributed by atoms with Gasteiger partial charge < -0.3 is 14.2 Å². The van der Waals surface area contributed by atoms with Crippen LogP contribution in [0, 0.1) is 0 Å². The number of hydrogen-bond donors (Lipinski definition) is 0. The number of rotatable bonds is 4. The van der Waals surface area contributed by atoms with Crippen molar-refractivity contribution in [3.63, 3.8) is 0 Å². The van der Waals surface area contributed by atoms with E-state index in [1.807, 2.05) is 48.5 Å². The van der Waals surface area contributed by atoms with E-state index in [4.69, 9.17) is 14.2 Å². The topological polar surface area (TPSA) is 53.5 Å². The highest BCUT2D eigenvalue weighted by atomic mass is 16.7. The third-order valence-electron chi connectivity index (χ3n) is 3.49. The maximum atomic E-state index is 5.92. The molecule has 0 amide bonds. The summed E-state index contributed by atoms with van der Waals surface area (Å²) in [5.74, 6) is 1.71. The minimum atomic E-state index is -0.597. The number of benzene rings is 1. The number of ether oxygens (including phenoxy) is 3. The molecule has 2 aromatic heterocycles.